The number of amides is 1. The van der Waals surface area contributed by atoms with Crippen LogP contribution in [0.5, 0.6) is 0 Å². The molecule has 0 saturated carbocycles. The van der Waals surface area contributed by atoms with Crippen LogP contribution >= 0.6 is 0 Å². The lowest BCUT2D eigenvalue weighted by molar-refractivity contribution is -0.116. The fraction of sp³-hybridized carbons (Fsp3) is 0.222. The molecule has 3 aromatic rings. The van der Waals surface area contributed by atoms with Crippen molar-refractivity contribution in [1.82, 2.24) is 9.55 Å². The van der Waals surface area contributed by atoms with Gasteiger partial charge in [0.05, 0.1) is 16.7 Å². The third-order valence-corrected chi connectivity index (χ3v) is 4.49. The van der Waals surface area contributed by atoms with Crippen LogP contribution in [0, 0.1) is 6.92 Å². The van der Waals surface area contributed by atoms with Crippen LogP contribution in [0.1, 0.15) is 30.4 Å². The van der Waals surface area contributed by atoms with Gasteiger partial charge in [0.2, 0.25) is 5.91 Å². The molecule has 0 saturated heterocycles. The summed E-state index contributed by atoms with van der Waals surface area (Å²) >= 11 is 0. The Morgan fingerprint density at radius 2 is 1.96 bits per heavy atom. The molecule has 2 N–H and O–H groups in total. The molecular weight excluding hydrogens is 290 g/mol. The second-order valence-electron chi connectivity index (χ2n) is 6.16. The molecule has 2 heterocycles. The quantitative estimate of drug-likeness (QED) is 0.725. The third-order valence-electron chi connectivity index (χ3n) is 4.49. The van der Waals surface area contributed by atoms with Gasteiger partial charge in [-0.05, 0) is 48.2 Å². The van der Waals surface area contributed by atoms with Crippen LogP contribution in [0.3, 0.4) is 0 Å². The second kappa shape index (κ2) is 4.84. The van der Waals surface area contributed by atoms with E-state index in [1.807, 2.05) is 50.2 Å². The lowest BCUT2D eigenvalue weighted by atomic mass is 9.90. The maximum Gasteiger partial charge on any atom is 0.331 e. The van der Waals surface area contributed by atoms with Crippen molar-refractivity contribution in [3.05, 3.63) is 58.0 Å². The number of benzene rings is 2. The zero-order valence-corrected chi connectivity index (χ0v) is 13.0. The van der Waals surface area contributed by atoms with Gasteiger partial charge >= 0.3 is 5.69 Å². The van der Waals surface area contributed by atoms with Crippen molar-refractivity contribution in [2.45, 2.75) is 26.2 Å². The largest absolute Gasteiger partial charge is 0.331 e. The number of rotatable bonds is 1. The molecule has 4 rings (SSSR count). The fourth-order valence-electron chi connectivity index (χ4n) is 3.37. The molecule has 5 heteroatoms. The Hall–Kier alpha value is -2.82. The summed E-state index contributed by atoms with van der Waals surface area (Å²) in [6.45, 7) is 4.00. The molecule has 1 aliphatic rings. The summed E-state index contributed by atoms with van der Waals surface area (Å²) in [5, 5.41) is 2.95. The highest BCUT2D eigenvalue weighted by atomic mass is 16.2. The Kier molecular flexibility index (Phi) is 2.91. The predicted octanol–water partition coefficient (Wildman–Crippen LogP) is 3.07. The minimum Gasteiger partial charge on any atom is -0.326 e. The first-order valence-corrected chi connectivity index (χ1v) is 7.69. The van der Waals surface area contributed by atoms with Gasteiger partial charge in [-0.1, -0.05) is 19.1 Å². The minimum absolute atomic E-state index is 0.0464. The topological polar surface area (TPSA) is 66.9 Å². The molecule has 1 aromatic heterocycles. The smallest absolute Gasteiger partial charge is 0.326 e. The zero-order valence-electron chi connectivity index (χ0n) is 13.0. The van der Waals surface area contributed by atoms with Crippen molar-refractivity contribution in [2.75, 3.05) is 5.32 Å². The molecule has 0 bridgehead atoms. The summed E-state index contributed by atoms with van der Waals surface area (Å²) in [6, 6.07) is 11.6. The van der Waals surface area contributed by atoms with E-state index in [4.69, 9.17) is 0 Å². The van der Waals surface area contributed by atoms with Gasteiger partial charge in [-0.15, -0.1) is 0 Å². The standard InChI is InChI=1S/C18H17N3O2/c1-10-8-16(22)20-17-11(2)7-12(9-13(10)17)21-15-6-4-3-5-14(15)19-18(21)23/h3-7,9-10H,8H2,1-2H3,(H,19,23)(H,20,22). The van der Waals surface area contributed by atoms with E-state index in [2.05, 4.69) is 10.3 Å². The number of aromatic amines is 1. The number of imidazole rings is 1. The van der Waals surface area contributed by atoms with Crippen molar-refractivity contribution in [1.29, 1.82) is 0 Å². The Morgan fingerprint density at radius 3 is 2.78 bits per heavy atom. The molecule has 5 nitrogen and oxygen atoms in total. The highest BCUT2D eigenvalue weighted by Gasteiger charge is 2.24. The predicted molar refractivity (Wildman–Crippen MR) is 90.3 cm³/mol. The summed E-state index contributed by atoms with van der Waals surface area (Å²) < 4.78 is 1.69. The molecule has 0 fully saturated rings. The van der Waals surface area contributed by atoms with Gasteiger partial charge < -0.3 is 10.3 Å². The Balaban J connectivity index is 1.98. The molecule has 116 valence electrons. The number of nitrogens with one attached hydrogen (secondary N) is 2. The van der Waals surface area contributed by atoms with E-state index in [1.54, 1.807) is 4.57 Å². The van der Waals surface area contributed by atoms with Crippen LogP contribution < -0.4 is 11.0 Å². The zero-order chi connectivity index (χ0) is 16.1. The first kappa shape index (κ1) is 13.8. The number of para-hydroxylation sites is 2. The molecule has 0 aliphatic carbocycles. The van der Waals surface area contributed by atoms with Crippen LogP contribution in [0.4, 0.5) is 5.69 Å². The number of fused-ring (bicyclic) bond motifs is 2. The number of carbonyl (C=O) groups is 1. The molecule has 1 amide bonds. The summed E-state index contributed by atoms with van der Waals surface area (Å²) in [5.41, 5.74) is 5.26. The summed E-state index contributed by atoms with van der Waals surface area (Å²) in [6.07, 6.45) is 0.471. The van der Waals surface area contributed by atoms with Crippen LogP contribution in [0.2, 0.25) is 0 Å². The van der Waals surface area contributed by atoms with Crippen molar-refractivity contribution in [2.24, 2.45) is 0 Å². The SMILES string of the molecule is Cc1cc(-n2c(=O)[nH]c3ccccc32)cc2c1NC(=O)CC2C. The molecular formula is C18H17N3O2. The van der Waals surface area contributed by atoms with Gasteiger partial charge in [-0.3, -0.25) is 9.36 Å². The number of hydrogen-bond donors (Lipinski definition) is 2. The lowest BCUT2D eigenvalue weighted by Crippen LogP contribution is -2.23. The Labute approximate surface area is 133 Å². The van der Waals surface area contributed by atoms with Gasteiger partial charge in [0.1, 0.15) is 0 Å². The van der Waals surface area contributed by atoms with E-state index < -0.39 is 0 Å². The summed E-state index contributed by atoms with van der Waals surface area (Å²) in [7, 11) is 0. The molecule has 0 radical (unpaired) electrons. The highest BCUT2D eigenvalue weighted by molar-refractivity contribution is 5.96. The van der Waals surface area contributed by atoms with Gasteiger partial charge in [0, 0.05) is 12.1 Å². The van der Waals surface area contributed by atoms with Crippen LogP contribution in [0.25, 0.3) is 16.7 Å². The van der Waals surface area contributed by atoms with E-state index in [-0.39, 0.29) is 17.5 Å². The molecule has 1 unspecified atom stereocenters. The van der Waals surface area contributed by atoms with Gasteiger partial charge in [-0.2, -0.15) is 0 Å². The molecule has 0 spiro atoms. The van der Waals surface area contributed by atoms with E-state index in [0.717, 1.165) is 33.5 Å². The average molecular weight is 307 g/mol. The van der Waals surface area contributed by atoms with Gasteiger partial charge in [0.15, 0.2) is 0 Å². The normalized spacial score (nSPS) is 17.1. The molecule has 1 atom stereocenters. The number of aryl methyl sites for hydroxylation is 1. The van der Waals surface area contributed by atoms with E-state index >= 15 is 0 Å². The fourth-order valence-corrected chi connectivity index (χ4v) is 3.37. The second-order valence-corrected chi connectivity index (χ2v) is 6.16. The number of carbonyl (C=O) groups excluding carboxylic acids is 1. The maximum atomic E-state index is 12.4. The average Bonchev–Trinajstić information content (AvgIpc) is 2.84. The Bertz CT molecular complexity index is 997. The van der Waals surface area contributed by atoms with Crippen LogP contribution in [0.15, 0.2) is 41.2 Å². The van der Waals surface area contributed by atoms with Crippen molar-refractivity contribution in [3.8, 4) is 5.69 Å². The van der Waals surface area contributed by atoms with Crippen molar-refractivity contribution in [3.63, 3.8) is 0 Å². The summed E-state index contributed by atoms with van der Waals surface area (Å²) in [4.78, 5) is 27.0. The summed E-state index contributed by atoms with van der Waals surface area (Å²) in [5.74, 6) is 0.184. The number of aromatic nitrogens is 2. The first-order chi connectivity index (χ1) is 11.0. The Morgan fingerprint density at radius 1 is 1.17 bits per heavy atom. The first-order valence-electron chi connectivity index (χ1n) is 7.69. The van der Waals surface area contributed by atoms with E-state index in [9.17, 15) is 9.59 Å². The monoisotopic (exact) mass is 307 g/mol. The maximum absolute atomic E-state index is 12.4. The number of nitrogens with zero attached hydrogens (tertiary/aromatic N) is 1. The lowest BCUT2D eigenvalue weighted by Gasteiger charge is -2.25. The van der Waals surface area contributed by atoms with Gasteiger partial charge in [0.25, 0.3) is 0 Å². The number of H-pyrrole nitrogens is 1. The van der Waals surface area contributed by atoms with Crippen LogP contribution in [-0.4, -0.2) is 15.5 Å². The van der Waals surface area contributed by atoms with E-state index in [1.165, 1.54) is 0 Å². The van der Waals surface area contributed by atoms with E-state index in [0.29, 0.717) is 6.42 Å². The minimum atomic E-state index is -0.155. The third kappa shape index (κ3) is 2.08. The molecule has 2 aromatic carbocycles. The number of hydrogen-bond acceptors (Lipinski definition) is 2. The number of anilines is 1. The van der Waals surface area contributed by atoms with Crippen LogP contribution in [-0.2, 0) is 4.79 Å². The van der Waals surface area contributed by atoms with Crippen molar-refractivity contribution < 1.29 is 4.79 Å². The highest BCUT2D eigenvalue weighted by Crippen LogP contribution is 2.36. The van der Waals surface area contributed by atoms with Gasteiger partial charge in [-0.25, -0.2) is 4.79 Å². The van der Waals surface area contributed by atoms with Crippen molar-refractivity contribution >= 4 is 22.6 Å². The molecule has 23 heavy (non-hydrogen) atoms. The molecule has 1 aliphatic heterocycles.